The molecule has 7 heteroatoms. The molecule has 1 aliphatic rings. The number of aliphatic imine (C=N–C) groups is 1. The molecule has 0 bridgehead atoms. The molecular formula is C26H21N5OS. The Labute approximate surface area is 196 Å². The van der Waals surface area contributed by atoms with Crippen molar-refractivity contribution in [2.75, 3.05) is 5.32 Å². The fraction of sp³-hybridized carbons (Fsp3) is 0.0769. The third kappa shape index (κ3) is 4.94. The second kappa shape index (κ2) is 9.67. The number of amidine groups is 1. The van der Waals surface area contributed by atoms with Crippen LogP contribution in [-0.4, -0.2) is 21.7 Å². The zero-order valence-corrected chi connectivity index (χ0v) is 18.5. The average Bonchev–Trinajstić information content (AvgIpc) is 3.03. The van der Waals surface area contributed by atoms with Crippen LogP contribution in [0.15, 0.2) is 106 Å². The monoisotopic (exact) mass is 451 g/mol. The number of amides is 1. The van der Waals surface area contributed by atoms with Gasteiger partial charge in [0, 0.05) is 52.3 Å². The molecule has 0 fully saturated rings. The summed E-state index contributed by atoms with van der Waals surface area (Å²) >= 11 is 1.66. The minimum Gasteiger partial charge on any atom is -0.348 e. The van der Waals surface area contributed by atoms with Crippen molar-refractivity contribution in [1.82, 2.24) is 15.3 Å². The normalized spacial score (nSPS) is 13.4. The number of pyridine rings is 2. The van der Waals surface area contributed by atoms with Gasteiger partial charge in [0.15, 0.2) is 0 Å². The highest BCUT2D eigenvalue weighted by molar-refractivity contribution is 7.99. The second-order valence-corrected chi connectivity index (χ2v) is 8.59. The van der Waals surface area contributed by atoms with Gasteiger partial charge in [-0.3, -0.25) is 19.8 Å². The number of anilines is 1. The Morgan fingerprint density at radius 1 is 0.909 bits per heavy atom. The Hall–Kier alpha value is -3.97. The van der Waals surface area contributed by atoms with Crippen LogP contribution in [-0.2, 0) is 13.1 Å². The molecule has 0 saturated carbocycles. The minimum atomic E-state index is -0.135. The maximum Gasteiger partial charge on any atom is 0.251 e. The minimum absolute atomic E-state index is 0.135. The predicted octanol–water partition coefficient (Wildman–Crippen LogP) is 4.93. The van der Waals surface area contributed by atoms with Gasteiger partial charge >= 0.3 is 0 Å². The molecule has 0 radical (unpaired) electrons. The smallest absolute Gasteiger partial charge is 0.251 e. The summed E-state index contributed by atoms with van der Waals surface area (Å²) in [5.41, 5.74) is 4.46. The van der Waals surface area contributed by atoms with Crippen LogP contribution >= 0.6 is 11.8 Å². The molecule has 0 unspecified atom stereocenters. The molecule has 1 aliphatic heterocycles. The summed E-state index contributed by atoms with van der Waals surface area (Å²) in [4.78, 5) is 28.1. The Kier molecular flexibility index (Phi) is 6.12. The first-order chi connectivity index (χ1) is 16.3. The Morgan fingerprint density at radius 3 is 2.48 bits per heavy atom. The van der Waals surface area contributed by atoms with E-state index in [1.54, 1.807) is 30.4 Å². The molecule has 2 aromatic heterocycles. The molecular weight excluding hydrogens is 430 g/mol. The van der Waals surface area contributed by atoms with E-state index >= 15 is 0 Å². The van der Waals surface area contributed by atoms with Crippen LogP contribution in [0.25, 0.3) is 0 Å². The second-order valence-electron chi connectivity index (χ2n) is 7.50. The van der Waals surface area contributed by atoms with E-state index in [0.29, 0.717) is 18.7 Å². The van der Waals surface area contributed by atoms with Crippen molar-refractivity contribution >= 4 is 29.2 Å². The number of rotatable bonds is 5. The maximum atomic E-state index is 12.8. The summed E-state index contributed by atoms with van der Waals surface area (Å²) in [6, 6.07) is 21.6. The lowest BCUT2D eigenvalue weighted by atomic mass is 10.1. The van der Waals surface area contributed by atoms with Crippen molar-refractivity contribution in [2.45, 2.75) is 22.9 Å². The van der Waals surface area contributed by atoms with Crippen molar-refractivity contribution in [3.05, 3.63) is 114 Å². The predicted molar refractivity (Wildman–Crippen MR) is 131 cm³/mol. The number of benzene rings is 2. The van der Waals surface area contributed by atoms with Crippen molar-refractivity contribution in [1.29, 1.82) is 0 Å². The first kappa shape index (κ1) is 20.9. The Morgan fingerprint density at radius 2 is 1.70 bits per heavy atom. The summed E-state index contributed by atoms with van der Waals surface area (Å²) in [6.07, 6.45) is 7.04. The summed E-state index contributed by atoms with van der Waals surface area (Å²) in [7, 11) is 0. The first-order valence-electron chi connectivity index (χ1n) is 10.5. The summed E-state index contributed by atoms with van der Waals surface area (Å²) in [5.74, 6) is 0.637. The van der Waals surface area contributed by atoms with E-state index in [4.69, 9.17) is 4.99 Å². The van der Waals surface area contributed by atoms with Gasteiger partial charge in [-0.25, -0.2) is 0 Å². The molecule has 33 heavy (non-hydrogen) atoms. The van der Waals surface area contributed by atoms with Crippen LogP contribution in [0.2, 0.25) is 0 Å². The van der Waals surface area contributed by atoms with Crippen LogP contribution in [0.5, 0.6) is 0 Å². The Bertz CT molecular complexity index is 1310. The van der Waals surface area contributed by atoms with E-state index < -0.39 is 0 Å². The highest BCUT2D eigenvalue weighted by Crippen LogP contribution is 2.39. The van der Waals surface area contributed by atoms with E-state index in [-0.39, 0.29) is 5.91 Å². The molecule has 5 rings (SSSR count). The van der Waals surface area contributed by atoms with E-state index in [2.05, 4.69) is 32.7 Å². The average molecular weight is 452 g/mol. The van der Waals surface area contributed by atoms with Crippen LogP contribution in [0.1, 0.15) is 27.0 Å². The van der Waals surface area contributed by atoms with Gasteiger partial charge in [-0.15, -0.1) is 0 Å². The molecule has 0 spiro atoms. The standard InChI is InChI=1S/C26H21N5OS/c32-26(30-17-19-6-4-12-28-15-19)20-9-10-24-22(13-20)31-25(21-7-1-2-8-23(21)33-24)29-16-18-5-3-11-27-14-18/h1-15H,16-17H2,(H,29,31)(H,30,32). The lowest BCUT2D eigenvalue weighted by Crippen LogP contribution is -2.23. The van der Waals surface area contributed by atoms with E-state index in [1.807, 2.05) is 60.8 Å². The number of fused-ring (bicyclic) bond motifs is 2. The third-order valence-corrected chi connectivity index (χ3v) is 6.33. The Balaban J connectivity index is 1.42. The number of carbonyl (C=O) groups excluding carboxylic acids is 1. The van der Waals surface area contributed by atoms with Gasteiger partial charge in [0.05, 0.1) is 12.2 Å². The van der Waals surface area contributed by atoms with Crippen molar-refractivity contribution in [2.24, 2.45) is 4.99 Å². The van der Waals surface area contributed by atoms with E-state index in [9.17, 15) is 4.79 Å². The highest BCUT2D eigenvalue weighted by atomic mass is 32.2. The largest absolute Gasteiger partial charge is 0.348 e. The fourth-order valence-electron chi connectivity index (χ4n) is 3.50. The van der Waals surface area contributed by atoms with Crippen LogP contribution in [0.4, 0.5) is 5.69 Å². The lowest BCUT2D eigenvalue weighted by Gasteiger charge is -2.12. The quantitative estimate of drug-likeness (QED) is 0.450. The van der Waals surface area contributed by atoms with Crippen LogP contribution in [0, 0.1) is 0 Å². The molecule has 2 N–H and O–H groups in total. The number of aromatic nitrogens is 2. The molecule has 162 valence electrons. The zero-order chi connectivity index (χ0) is 22.5. The number of nitrogens with one attached hydrogen (secondary N) is 2. The number of carbonyl (C=O) groups is 1. The van der Waals surface area contributed by atoms with Crippen molar-refractivity contribution in [3.63, 3.8) is 0 Å². The number of nitrogens with zero attached hydrogens (tertiary/aromatic N) is 3. The fourth-order valence-corrected chi connectivity index (χ4v) is 4.51. The molecule has 0 atom stereocenters. The van der Waals surface area contributed by atoms with Gasteiger partial charge in [0.1, 0.15) is 5.84 Å². The molecule has 0 aliphatic carbocycles. The molecule has 1 amide bonds. The van der Waals surface area contributed by atoms with Crippen molar-refractivity contribution in [3.8, 4) is 0 Å². The highest BCUT2D eigenvalue weighted by Gasteiger charge is 2.19. The van der Waals surface area contributed by atoms with Gasteiger partial charge in [0.25, 0.3) is 5.91 Å². The van der Waals surface area contributed by atoms with Gasteiger partial charge in [0.2, 0.25) is 0 Å². The van der Waals surface area contributed by atoms with Gasteiger partial charge in [-0.2, -0.15) is 0 Å². The van der Waals surface area contributed by atoms with Gasteiger partial charge < -0.3 is 10.6 Å². The van der Waals surface area contributed by atoms with E-state index in [0.717, 1.165) is 38.0 Å². The summed E-state index contributed by atoms with van der Waals surface area (Å²) < 4.78 is 0. The maximum absolute atomic E-state index is 12.8. The van der Waals surface area contributed by atoms with Crippen molar-refractivity contribution < 1.29 is 4.79 Å². The molecule has 0 saturated heterocycles. The van der Waals surface area contributed by atoms with Gasteiger partial charge in [-0.05, 0) is 47.5 Å². The molecule has 4 aromatic rings. The van der Waals surface area contributed by atoms with Crippen LogP contribution < -0.4 is 10.6 Å². The summed E-state index contributed by atoms with van der Waals surface area (Å²) in [5, 5.41) is 6.44. The molecule has 6 nitrogen and oxygen atoms in total. The topological polar surface area (TPSA) is 79.3 Å². The van der Waals surface area contributed by atoms with E-state index in [1.165, 1.54) is 0 Å². The van der Waals surface area contributed by atoms with Crippen LogP contribution in [0.3, 0.4) is 0 Å². The number of hydrogen-bond donors (Lipinski definition) is 2. The lowest BCUT2D eigenvalue weighted by molar-refractivity contribution is 0.0951. The first-order valence-corrected chi connectivity index (χ1v) is 11.4. The molecule has 2 aromatic carbocycles. The number of hydrogen-bond acceptors (Lipinski definition) is 5. The summed E-state index contributed by atoms with van der Waals surface area (Å²) in [6.45, 7) is 0.936. The van der Waals surface area contributed by atoms with Gasteiger partial charge in [-0.1, -0.05) is 42.1 Å². The zero-order valence-electron chi connectivity index (χ0n) is 17.7. The molecule has 3 heterocycles. The SMILES string of the molecule is O=C(NCc1cccnc1)c1ccc2c(c1)NC(=NCc1cccnc1)c1ccccc1S2. The third-order valence-electron chi connectivity index (χ3n) is 5.18.